The van der Waals surface area contributed by atoms with E-state index >= 15 is 0 Å². The molecule has 0 unspecified atom stereocenters. The Morgan fingerprint density at radius 1 is 1.29 bits per heavy atom. The minimum absolute atomic E-state index is 0.622. The van der Waals surface area contributed by atoms with Gasteiger partial charge in [0.05, 0.1) is 9.88 Å². The van der Waals surface area contributed by atoms with Crippen molar-refractivity contribution >= 4 is 11.3 Å². The fourth-order valence-electron chi connectivity index (χ4n) is 4.07. The average molecular weight is 396 g/mol. The molecule has 2 saturated heterocycles. The SMILES string of the molecule is C=C(C)CCc1ccc(-c2cnc(C3CN(C(C)C)C3)s2)cc1CC1CNC1. The van der Waals surface area contributed by atoms with E-state index in [-0.39, 0.29) is 0 Å². The van der Waals surface area contributed by atoms with E-state index in [0.29, 0.717) is 12.0 Å². The van der Waals surface area contributed by atoms with Crippen LogP contribution < -0.4 is 5.32 Å². The van der Waals surface area contributed by atoms with Crippen LogP contribution in [0.2, 0.25) is 0 Å². The van der Waals surface area contributed by atoms with Gasteiger partial charge in [-0.25, -0.2) is 4.98 Å². The molecular formula is C24H33N3S. The third-order valence-corrected chi connectivity index (χ3v) is 7.41. The minimum atomic E-state index is 0.622. The van der Waals surface area contributed by atoms with Gasteiger partial charge in [0.25, 0.3) is 0 Å². The number of hydrogen-bond acceptors (Lipinski definition) is 4. The molecule has 0 bridgehead atoms. The summed E-state index contributed by atoms with van der Waals surface area (Å²) in [6.45, 7) is 15.4. The minimum Gasteiger partial charge on any atom is -0.316 e. The maximum Gasteiger partial charge on any atom is 0.0987 e. The summed E-state index contributed by atoms with van der Waals surface area (Å²) in [5.74, 6) is 1.41. The van der Waals surface area contributed by atoms with Crippen LogP contribution in [0.15, 0.2) is 36.5 Å². The van der Waals surface area contributed by atoms with Crippen molar-refractivity contribution in [2.45, 2.75) is 52.0 Å². The second-order valence-corrected chi connectivity index (χ2v) is 10.0. The van der Waals surface area contributed by atoms with Crippen molar-refractivity contribution in [2.75, 3.05) is 26.2 Å². The number of allylic oxidation sites excluding steroid dienone is 1. The molecule has 4 heteroatoms. The summed E-state index contributed by atoms with van der Waals surface area (Å²) in [4.78, 5) is 8.62. The Balaban J connectivity index is 1.51. The maximum absolute atomic E-state index is 4.78. The fraction of sp³-hybridized carbons (Fsp3) is 0.542. The van der Waals surface area contributed by atoms with Gasteiger partial charge in [-0.1, -0.05) is 17.7 Å². The molecule has 3 nitrogen and oxygen atoms in total. The van der Waals surface area contributed by atoms with Crippen molar-refractivity contribution in [1.82, 2.24) is 15.2 Å². The Morgan fingerprint density at radius 2 is 2.07 bits per heavy atom. The smallest absolute Gasteiger partial charge is 0.0987 e. The van der Waals surface area contributed by atoms with Gasteiger partial charge in [0, 0.05) is 31.2 Å². The van der Waals surface area contributed by atoms with Crippen molar-refractivity contribution in [3.8, 4) is 10.4 Å². The van der Waals surface area contributed by atoms with E-state index in [1.54, 1.807) is 0 Å². The van der Waals surface area contributed by atoms with Gasteiger partial charge in [-0.3, -0.25) is 4.90 Å². The zero-order chi connectivity index (χ0) is 19.7. The van der Waals surface area contributed by atoms with Gasteiger partial charge < -0.3 is 5.32 Å². The lowest BCUT2D eigenvalue weighted by Gasteiger charge is -2.41. The number of rotatable bonds is 8. The van der Waals surface area contributed by atoms with Crippen molar-refractivity contribution in [1.29, 1.82) is 0 Å². The highest BCUT2D eigenvalue weighted by Crippen LogP contribution is 2.36. The van der Waals surface area contributed by atoms with Crippen LogP contribution in [-0.4, -0.2) is 42.1 Å². The highest BCUT2D eigenvalue weighted by atomic mass is 32.1. The molecule has 4 rings (SSSR count). The number of aromatic nitrogens is 1. The first-order valence-corrected chi connectivity index (χ1v) is 11.5. The number of nitrogens with one attached hydrogen (secondary N) is 1. The molecule has 2 aliphatic rings. The van der Waals surface area contributed by atoms with E-state index in [9.17, 15) is 0 Å². The molecule has 150 valence electrons. The topological polar surface area (TPSA) is 28.2 Å². The second kappa shape index (κ2) is 8.48. The first kappa shape index (κ1) is 19.8. The molecule has 1 N–H and O–H groups in total. The molecule has 0 radical (unpaired) electrons. The van der Waals surface area contributed by atoms with E-state index in [4.69, 9.17) is 4.98 Å². The first-order chi connectivity index (χ1) is 13.5. The van der Waals surface area contributed by atoms with Crippen LogP contribution in [0.4, 0.5) is 0 Å². The third-order valence-electron chi connectivity index (χ3n) is 6.20. The molecule has 0 atom stereocenters. The van der Waals surface area contributed by atoms with Gasteiger partial charge in [-0.2, -0.15) is 0 Å². The summed E-state index contributed by atoms with van der Waals surface area (Å²) in [7, 11) is 0. The highest BCUT2D eigenvalue weighted by Gasteiger charge is 2.31. The molecule has 0 saturated carbocycles. The van der Waals surface area contributed by atoms with Gasteiger partial charge in [-0.15, -0.1) is 17.9 Å². The lowest BCUT2D eigenvalue weighted by Crippen LogP contribution is -2.48. The molecule has 0 aliphatic carbocycles. The number of likely N-dealkylation sites (tertiary alicyclic amines) is 1. The summed E-state index contributed by atoms with van der Waals surface area (Å²) in [6, 6.07) is 7.73. The first-order valence-electron chi connectivity index (χ1n) is 10.7. The highest BCUT2D eigenvalue weighted by molar-refractivity contribution is 7.15. The molecule has 2 aliphatic heterocycles. The van der Waals surface area contributed by atoms with Crippen molar-refractivity contribution < 1.29 is 0 Å². The van der Waals surface area contributed by atoms with Crippen molar-refractivity contribution in [2.24, 2.45) is 5.92 Å². The standard InChI is InChI=1S/C24H33N3S/c1-16(2)5-6-19-7-8-20(10-21(19)9-18-11-25-12-18)23-13-26-24(28-23)22-14-27(15-22)17(3)4/h7-8,10,13,17-18,22,25H,1,5-6,9,11-12,14-15H2,2-4H3. The second-order valence-electron chi connectivity index (χ2n) is 8.98. The normalized spacial score (nSPS) is 18.3. The summed E-state index contributed by atoms with van der Waals surface area (Å²) in [5.41, 5.74) is 5.62. The van der Waals surface area contributed by atoms with Gasteiger partial charge in [0.2, 0.25) is 0 Å². The van der Waals surface area contributed by atoms with Crippen LogP contribution in [0.5, 0.6) is 0 Å². The van der Waals surface area contributed by atoms with Crippen LogP contribution in [0.25, 0.3) is 10.4 Å². The molecule has 3 heterocycles. The number of thiazole rings is 1. The maximum atomic E-state index is 4.78. The zero-order valence-electron chi connectivity index (χ0n) is 17.5. The lowest BCUT2D eigenvalue weighted by atomic mass is 9.89. The van der Waals surface area contributed by atoms with Gasteiger partial charge in [-0.05, 0) is 81.8 Å². The largest absolute Gasteiger partial charge is 0.316 e. The van der Waals surface area contributed by atoms with Gasteiger partial charge >= 0.3 is 0 Å². The Labute approximate surface area is 173 Å². The van der Waals surface area contributed by atoms with Gasteiger partial charge in [0.1, 0.15) is 0 Å². The number of aryl methyl sites for hydroxylation is 1. The number of benzene rings is 1. The third kappa shape index (κ3) is 4.40. The predicted octanol–water partition coefficient (Wildman–Crippen LogP) is 4.89. The van der Waals surface area contributed by atoms with Crippen LogP contribution in [0.3, 0.4) is 0 Å². The summed E-state index contributed by atoms with van der Waals surface area (Å²) in [6.07, 6.45) is 5.46. The molecule has 0 amide bonds. The van der Waals surface area contributed by atoms with Gasteiger partial charge in [0.15, 0.2) is 0 Å². The molecule has 0 spiro atoms. The number of hydrogen-bond donors (Lipinski definition) is 1. The number of nitrogens with zero attached hydrogens (tertiary/aromatic N) is 2. The molecule has 28 heavy (non-hydrogen) atoms. The molecular weight excluding hydrogens is 362 g/mol. The summed E-state index contributed by atoms with van der Waals surface area (Å²) in [5, 5.41) is 4.72. The van der Waals surface area contributed by atoms with E-state index in [0.717, 1.165) is 44.9 Å². The molecule has 2 aromatic rings. The zero-order valence-corrected chi connectivity index (χ0v) is 18.3. The quantitative estimate of drug-likeness (QED) is 0.645. The van der Waals surface area contributed by atoms with Crippen molar-refractivity contribution in [3.05, 3.63) is 52.7 Å². The summed E-state index contributed by atoms with van der Waals surface area (Å²) >= 11 is 1.89. The Kier molecular flexibility index (Phi) is 6.00. The van der Waals surface area contributed by atoms with Crippen molar-refractivity contribution in [3.63, 3.8) is 0 Å². The Bertz CT molecular complexity index is 828. The fourth-order valence-corrected chi connectivity index (χ4v) is 5.06. The van der Waals surface area contributed by atoms with E-state index in [1.165, 1.54) is 38.6 Å². The van der Waals surface area contributed by atoms with E-state index in [1.807, 2.05) is 11.3 Å². The molecule has 2 fully saturated rings. The summed E-state index contributed by atoms with van der Waals surface area (Å²) < 4.78 is 0. The van der Waals surface area contributed by atoms with Crippen LogP contribution in [0.1, 0.15) is 49.2 Å². The molecule has 1 aromatic carbocycles. The van der Waals surface area contributed by atoms with E-state index in [2.05, 4.69) is 62.0 Å². The Morgan fingerprint density at radius 3 is 2.71 bits per heavy atom. The monoisotopic (exact) mass is 395 g/mol. The van der Waals surface area contributed by atoms with Crippen LogP contribution in [0, 0.1) is 5.92 Å². The van der Waals surface area contributed by atoms with Crippen LogP contribution >= 0.6 is 11.3 Å². The molecule has 1 aromatic heterocycles. The Hall–Kier alpha value is -1.49. The predicted molar refractivity (Wildman–Crippen MR) is 120 cm³/mol. The lowest BCUT2D eigenvalue weighted by molar-refractivity contribution is 0.110. The van der Waals surface area contributed by atoms with E-state index < -0.39 is 0 Å². The average Bonchev–Trinajstić information content (AvgIpc) is 3.04. The van der Waals surface area contributed by atoms with Crippen LogP contribution in [-0.2, 0) is 12.8 Å².